The number of hydrogen-bond donors (Lipinski definition) is 1. The first-order chi connectivity index (χ1) is 13.2. The molecular weight excluding hydrogens is 340 g/mol. The molecule has 1 atom stereocenters. The van der Waals surface area contributed by atoms with Crippen molar-refractivity contribution < 1.29 is 14.3 Å². The van der Waals surface area contributed by atoms with E-state index in [1.54, 1.807) is 32.4 Å². The van der Waals surface area contributed by atoms with Crippen LogP contribution in [0.5, 0.6) is 11.5 Å². The average molecular weight is 368 g/mol. The smallest absolute Gasteiger partial charge is 0.251 e. The molecule has 5 heteroatoms. The highest BCUT2D eigenvalue weighted by molar-refractivity contribution is 5.94. The highest BCUT2D eigenvalue weighted by atomic mass is 16.5. The Labute approximate surface area is 161 Å². The van der Waals surface area contributed by atoms with E-state index in [9.17, 15) is 4.79 Å². The van der Waals surface area contributed by atoms with Crippen LogP contribution in [0.4, 0.5) is 0 Å². The molecule has 0 spiro atoms. The molecule has 1 fully saturated rings. The molecular formula is C22H28N2O3. The first-order valence-electron chi connectivity index (χ1n) is 9.49. The van der Waals surface area contributed by atoms with Crippen molar-refractivity contribution >= 4 is 5.91 Å². The third-order valence-electron chi connectivity index (χ3n) is 5.12. The number of methoxy groups -OCH3 is 2. The van der Waals surface area contributed by atoms with E-state index in [0.717, 1.165) is 19.5 Å². The zero-order chi connectivity index (χ0) is 19.1. The summed E-state index contributed by atoms with van der Waals surface area (Å²) >= 11 is 0. The summed E-state index contributed by atoms with van der Waals surface area (Å²) in [4.78, 5) is 15.1. The monoisotopic (exact) mass is 368 g/mol. The van der Waals surface area contributed by atoms with E-state index in [1.807, 2.05) is 6.07 Å². The number of nitrogens with one attached hydrogen (secondary N) is 1. The van der Waals surface area contributed by atoms with Gasteiger partial charge in [0.05, 0.1) is 14.2 Å². The van der Waals surface area contributed by atoms with E-state index < -0.39 is 0 Å². The number of benzene rings is 2. The van der Waals surface area contributed by atoms with E-state index >= 15 is 0 Å². The first-order valence-corrected chi connectivity index (χ1v) is 9.49. The van der Waals surface area contributed by atoms with Crippen LogP contribution < -0.4 is 14.8 Å². The van der Waals surface area contributed by atoms with Gasteiger partial charge in [0.1, 0.15) is 0 Å². The van der Waals surface area contributed by atoms with E-state index in [1.165, 1.54) is 18.4 Å². The lowest BCUT2D eigenvalue weighted by Gasteiger charge is -2.28. The number of nitrogens with zero attached hydrogens (tertiary/aromatic N) is 1. The average Bonchev–Trinajstić information content (AvgIpc) is 3.25. The molecule has 0 radical (unpaired) electrons. The molecule has 1 N–H and O–H groups in total. The van der Waals surface area contributed by atoms with Crippen LogP contribution in [0.2, 0.25) is 0 Å². The molecule has 1 aliphatic rings. The van der Waals surface area contributed by atoms with Crippen LogP contribution in [-0.2, 0) is 6.42 Å². The number of amides is 1. The summed E-state index contributed by atoms with van der Waals surface area (Å²) in [5.74, 6) is 1.09. The summed E-state index contributed by atoms with van der Waals surface area (Å²) in [5, 5.41) is 3.11. The van der Waals surface area contributed by atoms with Crippen LogP contribution in [0.3, 0.4) is 0 Å². The van der Waals surface area contributed by atoms with Crippen molar-refractivity contribution in [2.45, 2.75) is 25.3 Å². The summed E-state index contributed by atoms with van der Waals surface area (Å²) in [6, 6.07) is 16.0. The Kier molecular flexibility index (Phi) is 6.71. The van der Waals surface area contributed by atoms with Crippen LogP contribution >= 0.6 is 0 Å². The van der Waals surface area contributed by atoms with Gasteiger partial charge >= 0.3 is 0 Å². The summed E-state index contributed by atoms with van der Waals surface area (Å²) in [7, 11) is 3.16. The second-order valence-corrected chi connectivity index (χ2v) is 6.87. The first kappa shape index (κ1) is 19.2. The number of hydrogen-bond acceptors (Lipinski definition) is 4. The summed E-state index contributed by atoms with van der Waals surface area (Å²) in [6.45, 7) is 2.83. The molecule has 1 aliphatic heterocycles. The SMILES string of the molecule is COc1ccc(C(=O)NCC(Cc2ccccc2)N2CCCC2)cc1OC. The van der Waals surface area contributed by atoms with Crippen molar-refractivity contribution in [3.63, 3.8) is 0 Å². The highest BCUT2D eigenvalue weighted by Crippen LogP contribution is 2.27. The van der Waals surface area contributed by atoms with Gasteiger partial charge in [-0.15, -0.1) is 0 Å². The van der Waals surface area contributed by atoms with Gasteiger partial charge in [0.2, 0.25) is 0 Å². The second-order valence-electron chi connectivity index (χ2n) is 6.87. The molecule has 1 heterocycles. The van der Waals surface area contributed by atoms with Gasteiger partial charge in [0, 0.05) is 18.2 Å². The fourth-order valence-corrected chi connectivity index (χ4v) is 3.61. The molecule has 1 amide bonds. The minimum Gasteiger partial charge on any atom is -0.493 e. The lowest BCUT2D eigenvalue weighted by Crippen LogP contribution is -2.44. The minimum absolute atomic E-state index is 0.0896. The van der Waals surface area contributed by atoms with Gasteiger partial charge < -0.3 is 14.8 Å². The van der Waals surface area contributed by atoms with Gasteiger partial charge in [0.15, 0.2) is 11.5 Å². The molecule has 0 aromatic heterocycles. The molecule has 2 aromatic carbocycles. The third kappa shape index (κ3) is 5.01. The van der Waals surface area contributed by atoms with E-state index in [4.69, 9.17) is 9.47 Å². The van der Waals surface area contributed by atoms with Crippen molar-refractivity contribution in [3.8, 4) is 11.5 Å². The molecule has 27 heavy (non-hydrogen) atoms. The van der Waals surface area contributed by atoms with Gasteiger partial charge in [-0.1, -0.05) is 30.3 Å². The quantitative estimate of drug-likeness (QED) is 0.778. The van der Waals surface area contributed by atoms with Crippen LogP contribution in [0.25, 0.3) is 0 Å². The number of carbonyl (C=O) groups is 1. The van der Waals surface area contributed by atoms with E-state index in [0.29, 0.717) is 29.6 Å². The fraction of sp³-hybridized carbons (Fsp3) is 0.409. The molecule has 1 unspecified atom stereocenters. The maximum atomic E-state index is 12.7. The predicted molar refractivity (Wildman–Crippen MR) is 107 cm³/mol. The van der Waals surface area contributed by atoms with Gasteiger partial charge in [-0.05, 0) is 56.1 Å². The van der Waals surface area contributed by atoms with Gasteiger partial charge in [0.25, 0.3) is 5.91 Å². The Morgan fingerprint density at radius 2 is 1.74 bits per heavy atom. The van der Waals surface area contributed by atoms with E-state index in [2.05, 4.69) is 34.5 Å². The minimum atomic E-state index is -0.0896. The molecule has 2 aromatic rings. The maximum Gasteiger partial charge on any atom is 0.251 e. The zero-order valence-electron chi connectivity index (χ0n) is 16.1. The number of rotatable bonds is 8. The van der Waals surface area contributed by atoms with E-state index in [-0.39, 0.29) is 5.91 Å². The topological polar surface area (TPSA) is 50.8 Å². The van der Waals surface area contributed by atoms with Crippen molar-refractivity contribution in [1.29, 1.82) is 0 Å². The van der Waals surface area contributed by atoms with Crippen LogP contribution in [0, 0.1) is 0 Å². The molecule has 0 aliphatic carbocycles. The lowest BCUT2D eigenvalue weighted by atomic mass is 10.0. The van der Waals surface area contributed by atoms with Crippen LogP contribution in [0.15, 0.2) is 48.5 Å². The Morgan fingerprint density at radius 1 is 1.04 bits per heavy atom. The van der Waals surface area contributed by atoms with Crippen molar-refractivity contribution in [2.24, 2.45) is 0 Å². The molecule has 144 valence electrons. The Morgan fingerprint density at radius 3 is 2.41 bits per heavy atom. The van der Waals surface area contributed by atoms with Gasteiger partial charge in [-0.3, -0.25) is 9.69 Å². The third-order valence-corrected chi connectivity index (χ3v) is 5.12. The van der Waals surface area contributed by atoms with Crippen molar-refractivity contribution in [2.75, 3.05) is 33.9 Å². The predicted octanol–water partition coefficient (Wildman–Crippen LogP) is 3.14. The molecule has 5 nitrogen and oxygen atoms in total. The summed E-state index contributed by atoms with van der Waals surface area (Å²) in [5.41, 5.74) is 1.88. The Balaban J connectivity index is 1.66. The second kappa shape index (κ2) is 9.42. The van der Waals surface area contributed by atoms with Gasteiger partial charge in [-0.25, -0.2) is 0 Å². The Hall–Kier alpha value is -2.53. The summed E-state index contributed by atoms with van der Waals surface area (Å²) in [6.07, 6.45) is 3.40. The normalized spacial score (nSPS) is 15.3. The number of likely N-dealkylation sites (tertiary alicyclic amines) is 1. The summed E-state index contributed by atoms with van der Waals surface area (Å²) < 4.78 is 10.5. The van der Waals surface area contributed by atoms with Gasteiger partial charge in [-0.2, -0.15) is 0 Å². The standard InChI is InChI=1S/C22H28N2O3/c1-26-20-11-10-18(15-21(20)27-2)22(25)23-16-19(24-12-6-7-13-24)14-17-8-4-3-5-9-17/h3-5,8-11,15,19H,6-7,12-14,16H2,1-2H3,(H,23,25). The van der Waals surface area contributed by atoms with Crippen LogP contribution in [-0.4, -0.2) is 50.7 Å². The molecule has 1 saturated heterocycles. The van der Waals surface area contributed by atoms with Crippen LogP contribution in [0.1, 0.15) is 28.8 Å². The number of carbonyl (C=O) groups excluding carboxylic acids is 1. The van der Waals surface area contributed by atoms with Crippen molar-refractivity contribution in [1.82, 2.24) is 10.2 Å². The van der Waals surface area contributed by atoms with Crippen molar-refractivity contribution in [3.05, 3.63) is 59.7 Å². The largest absolute Gasteiger partial charge is 0.493 e. The maximum absolute atomic E-state index is 12.7. The molecule has 3 rings (SSSR count). The number of ether oxygens (including phenoxy) is 2. The lowest BCUT2D eigenvalue weighted by molar-refractivity contribution is 0.0937. The fourth-order valence-electron chi connectivity index (χ4n) is 3.61. The zero-order valence-corrected chi connectivity index (χ0v) is 16.1. The molecule has 0 bridgehead atoms. The Bertz CT molecular complexity index is 742. The highest BCUT2D eigenvalue weighted by Gasteiger charge is 2.23. The molecule has 0 saturated carbocycles.